The van der Waals surface area contributed by atoms with Gasteiger partial charge in [0.2, 0.25) is 0 Å². The highest BCUT2D eigenvalue weighted by Gasteiger charge is 2.51. The van der Waals surface area contributed by atoms with Crippen LogP contribution in [0.2, 0.25) is 0 Å². The second kappa shape index (κ2) is 13.2. The van der Waals surface area contributed by atoms with Crippen molar-refractivity contribution < 1.29 is 63.9 Å². The van der Waals surface area contributed by atoms with E-state index in [4.69, 9.17) is 28.4 Å². The molecule has 0 spiro atoms. The van der Waals surface area contributed by atoms with Crippen molar-refractivity contribution in [3.8, 4) is 11.5 Å². The van der Waals surface area contributed by atoms with Crippen LogP contribution in [0.15, 0.2) is 48.5 Å². The molecule has 0 aromatic heterocycles. The summed E-state index contributed by atoms with van der Waals surface area (Å²) in [7, 11) is 1.49. The maximum absolute atomic E-state index is 12.3. The number of phenolic OH excluding ortho intramolecular Hbond substituents is 1. The summed E-state index contributed by atoms with van der Waals surface area (Å²) in [6.07, 6.45) is -9.70. The number of carbonyl (C=O) groups excluding carboxylic acids is 1. The van der Waals surface area contributed by atoms with Gasteiger partial charge in [-0.05, 0) is 48.4 Å². The van der Waals surface area contributed by atoms with Gasteiger partial charge in [-0.3, -0.25) is 0 Å². The third-order valence-corrected chi connectivity index (χ3v) is 6.79. The first kappa shape index (κ1) is 30.1. The van der Waals surface area contributed by atoms with Gasteiger partial charge in [0, 0.05) is 0 Å². The Morgan fingerprint density at radius 2 is 1.65 bits per heavy atom. The number of rotatable bonds is 11. The maximum Gasteiger partial charge on any atom is 0.338 e. The molecule has 2 aromatic rings. The Morgan fingerprint density at radius 1 is 0.950 bits per heavy atom. The number of aliphatic hydroxyl groups is 5. The number of esters is 1. The highest BCUT2D eigenvalue weighted by atomic mass is 16.7. The average Bonchev–Trinajstić information content (AvgIpc) is 3.25. The van der Waals surface area contributed by atoms with E-state index >= 15 is 0 Å². The summed E-state index contributed by atoms with van der Waals surface area (Å²) in [6, 6.07) is 12.6. The van der Waals surface area contributed by atoms with Crippen LogP contribution in [-0.2, 0) is 30.1 Å². The first-order chi connectivity index (χ1) is 19.1. The normalized spacial score (nSPS) is 32.1. The van der Waals surface area contributed by atoms with Gasteiger partial charge in [0.05, 0.1) is 32.5 Å². The van der Waals surface area contributed by atoms with Crippen LogP contribution >= 0.6 is 0 Å². The molecule has 2 aliphatic rings. The Labute approximate surface area is 230 Å². The predicted molar refractivity (Wildman–Crippen MR) is 134 cm³/mol. The van der Waals surface area contributed by atoms with Crippen molar-refractivity contribution in [2.75, 3.05) is 33.5 Å². The maximum atomic E-state index is 12.3. The topological polar surface area (TPSA) is 194 Å². The van der Waals surface area contributed by atoms with Crippen LogP contribution in [0.25, 0.3) is 0 Å². The molecule has 0 bridgehead atoms. The number of carbonyl (C=O) groups is 1. The van der Waals surface area contributed by atoms with E-state index in [1.165, 1.54) is 31.4 Å². The summed E-state index contributed by atoms with van der Waals surface area (Å²) >= 11 is 0. The lowest BCUT2D eigenvalue weighted by Gasteiger charge is -2.40. The van der Waals surface area contributed by atoms with Crippen LogP contribution in [0.5, 0.6) is 11.5 Å². The number of phenols is 1. The SMILES string of the molecule is COc1ccc(C(=O)OC[C@@]2(O)CO[C@@H](OC[C@H]3O[C@@H](OCCc4ccc(O)cc4)[C@H](O)[C@@H](O)[C@@H]3O)[C@@H]2O)cc1. The van der Waals surface area contributed by atoms with Gasteiger partial charge in [0.25, 0.3) is 0 Å². The molecule has 2 saturated heterocycles. The fourth-order valence-corrected chi connectivity index (χ4v) is 4.26. The molecule has 0 unspecified atom stereocenters. The molecule has 13 heteroatoms. The molecule has 2 aliphatic heterocycles. The van der Waals surface area contributed by atoms with E-state index in [-0.39, 0.29) is 17.9 Å². The van der Waals surface area contributed by atoms with Gasteiger partial charge < -0.3 is 59.1 Å². The minimum Gasteiger partial charge on any atom is -0.508 e. The van der Waals surface area contributed by atoms with Crippen molar-refractivity contribution >= 4 is 5.97 Å². The van der Waals surface area contributed by atoms with Crippen molar-refractivity contribution in [2.24, 2.45) is 0 Å². The Kier molecular flexibility index (Phi) is 9.94. The minimum atomic E-state index is -1.96. The van der Waals surface area contributed by atoms with E-state index in [2.05, 4.69) is 0 Å². The molecular formula is C27H34O13. The van der Waals surface area contributed by atoms with E-state index in [0.29, 0.717) is 12.2 Å². The molecule has 0 amide bonds. The molecule has 2 aromatic carbocycles. The molecule has 6 N–H and O–H groups in total. The van der Waals surface area contributed by atoms with Gasteiger partial charge >= 0.3 is 5.97 Å². The monoisotopic (exact) mass is 566 g/mol. The number of hydrogen-bond acceptors (Lipinski definition) is 13. The van der Waals surface area contributed by atoms with Crippen molar-refractivity contribution in [1.82, 2.24) is 0 Å². The Morgan fingerprint density at radius 3 is 2.33 bits per heavy atom. The summed E-state index contributed by atoms with van der Waals surface area (Å²) in [6.45, 7) is -1.28. The zero-order valence-corrected chi connectivity index (χ0v) is 21.7. The average molecular weight is 567 g/mol. The summed E-state index contributed by atoms with van der Waals surface area (Å²) < 4.78 is 32.2. The standard InChI is InChI=1S/C27H34O13/c1-35-18-8-4-16(5-9-18)24(33)38-13-27(34)14-39-26(23(27)32)37-12-19-20(29)21(30)22(31)25(40-19)36-11-10-15-2-6-17(28)7-3-15/h2-9,19-23,25-26,28-32,34H,10-14H2,1H3/t19-,20-,21+,22-,23+,25-,26-,27-/m1/s1. The second-order valence-electron chi connectivity index (χ2n) is 9.67. The lowest BCUT2D eigenvalue weighted by atomic mass is 9.99. The summed E-state index contributed by atoms with van der Waals surface area (Å²) in [5, 5.41) is 61.7. The van der Waals surface area contributed by atoms with Crippen molar-refractivity contribution in [3.63, 3.8) is 0 Å². The minimum absolute atomic E-state index is 0.107. The highest BCUT2D eigenvalue weighted by molar-refractivity contribution is 5.89. The Bertz CT molecular complexity index is 1090. The number of aliphatic hydroxyl groups excluding tert-OH is 4. The molecule has 220 valence electrons. The van der Waals surface area contributed by atoms with Crippen molar-refractivity contribution in [2.45, 2.75) is 55.1 Å². The molecule has 4 rings (SSSR count). The Balaban J connectivity index is 1.26. The molecule has 0 saturated carbocycles. The van der Waals surface area contributed by atoms with Gasteiger partial charge in [0.15, 0.2) is 18.2 Å². The first-order valence-corrected chi connectivity index (χ1v) is 12.7. The fourth-order valence-electron chi connectivity index (χ4n) is 4.26. The molecule has 8 atom stereocenters. The van der Waals surface area contributed by atoms with Gasteiger partial charge in [-0.15, -0.1) is 0 Å². The first-order valence-electron chi connectivity index (χ1n) is 12.7. The van der Waals surface area contributed by atoms with Crippen molar-refractivity contribution in [3.05, 3.63) is 59.7 Å². The number of aromatic hydroxyl groups is 1. The van der Waals surface area contributed by atoms with Gasteiger partial charge in [-0.1, -0.05) is 12.1 Å². The summed E-state index contributed by atoms with van der Waals surface area (Å²) in [5.41, 5.74) is -0.887. The second-order valence-corrected chi connectivity index (χ2v) is 9.67. The summed E-state index contributed by atoms with van der Waals surface area (Å²) in [4.78, 5) is 12.3. The Hall–Kier alpha value is -2.85. The van der Waals surface area contributed by atoms with Crippen molar-refractivity contribution in [1.29, 1.82) is 0 Å². The van der Waals surface area contributed by atoms with Crippen LogP contribution in [-0.4, -0.2) is 119 Å². The van der Waals surface area contributed by atoms with Gasteiger partial charge in [-0.25, -0.2) is 4.79 Å². The zero-order chi connectivity index (χ0) is 28.9. The molecule has 0 aliphatic carbocycles. The molecule has 13 nitrogen and oxygen atoms in total. The van der Waals surface area contributed by atoms with E-state index in [1.54, 1.807) is 24.3 Å². The van der Waals surface area contributed by atoms with Crippen LogP contribution in [0, 0.1) is 0 Å². The third kappa shape index (κ3) is 7.07. The predicted octanol–water partition coefficient (Wildman–Crippen LogP) is -0.911. The highest BCUT2D eigenvalue weighted by Crippen LogP contribution is 2.29. The molecular weight excluding hydrogens is 532 g/mol. The van der Waals surface area contributed by atoms with Gasteiger partial charge in [0.1, 0.15) is 48.6 Å². The van der Waals surface area contributed by atoms with Crippen LogP contribution in [0.4, 0.5) is 0 Å². The smallest absolute Gasteiger partial charge is 0.338 e. The van der Waals surface area contributed by atoms with E-state index in [0.717, 1.165) is 5.56 Å². The van der Waals surface area contributed by atoms with E-state index in [1.807, 2.05) is 0 Å². The quantitative estimate of drug-likeness (QED) is 0.183. The van der Waals surface area contributed by atoms with Gasteiger partial charge in [-0.2, -0.15) is 0 Å². The number of hydrogen-bond donors (Lipinski definition) is 6. The van der Waals surface area contributed by atoms with E-state index in [9.17, 15) is 35.4 Å². The largest absolute Gasteiger partial charge is 0.508 e. The third-order valence-electron chi connectivity index (χ3n) is 6.79. The number of ether oxygens (including phenoxy) is 6. The molecule has 40 heavy (non-hydrogen) atoms. The lowest BCUT2D eigenvalue weighted by Crippen LogP contribution is -2.59. The summed E-state index contributed by atoms with van der Waals surface area (Å²) in [5.74, 6) is -0.0498. The fraction of sp³-hybridized carbons (Fsp3) is 0.519. The molecule has 2 heterocycles. The van der Waals surface area contributed by atoms with Crippen LogP contribution in [0.3, 0.4) is 0 Å². The van der Waals surface area contributed by atoms with Crippen LogP contribution in [0.1, 0.15) is 15.9 Å². The molecule has 2 fully saturated rings. The lowest BCUT2D eigenvalue weighted by molar-refractivity contribution is -0.309. The number of methoxy groups -OCH3 is 1. The molecule has 0 radical (unpaired) electrons. The van der Waals surface area contributed by atoms with Crippen LogP contribution < -0.4 is 4.74 Å². The van der Waals surface area contributed by atoms with E-state index < -0.39 is 74.5 Å². The zero-order valence-electron chi connectivity index (χ0n) is 21.7. The number of benzene rings is 2.